The van der Waals surface area contributed by atoms with E-state index in [2.05, 4.69) is 0 Å². The minimum absolute atomic E-state index is 0.279. The molecule has 0 spiro atoms. The summed E-state index contributed by atoms with van der Waals surface area (Å²) in [6.45, 7) is 0. The summed E-state index contributed by atoms with van der Waals surface area (Å²) in [5.41, 5.74) is 6.89. The third-order valence-corrected chi connectivity index (χ3v) is 6.59. The van der Waals surface area contributed by atoms with E-state index in [9.17, 15) is 0 Å². The minimum atomic E-state index is 0.279. The maximum absolute atomic E-state index is 6.61. The van der Waals surface area contributed by atoms with Gasteiger partial charge in [-0.1, -0.05) is 32.1 Å². The normalized spacial score (nSPS) is 54.2. The molecule has 5 fully saturated rings. The first kappa shape index (κ1) is 10.8. The van der Waals surface area contributed by atoms with Gasteiger partial charge in [0.05, 0.1) is 0 Å². The number of nitrogens with two attached hydrogens (primary N) is 1. The van der Waals surface area contributed by atoms with Gasteiger partial charge in [0.2, 0.25) is 0 Å². The second-order valence-corrected chi connectivity index (χ2v) is 7.81. The van der Waals surface area contributed by atoms with Crippen molar-refractivity contribution in [3.63, 3.8) is 0 Å². The molecule has 0 aromatic rings. The van der Waals surface area contributed by atoms with Crippen LogP contribution in [0, 0.1) is 29.6 Å². The van der Waals surface area contributed by atoms with Gasteiger partial charge in [0.15, 0.2) is 0 Å². The van der Waals surface area contributed by atoms with Gasteiger partial charge >= 0.3 is 0 Å². The first-order valence-corrected chi connectivity index (χ1v) is 8.02. The Balaban J connectivity index is 1.57. The van der Waals surface area contributed by atoms with Crippen molar-refractivity contribution >= 4 is 0 Å². The molecule has 5 aliphatic carbocycles. The molecule has 0 saturated heterocycles. The Morgan fingerprint density at radius 1 is 0.765 bits per heavy atom. The Bertz CT molecular complexity index is 289. The lowest BCUT2D eigenvalue weighted by Gasteiger charge is -2.61. The highest BCUT2D eigenvalue weighted by atomic mass is 14.8. The summed E-state index contributed by atoms with van der Waals surface area (Å²) in [6.07, 6.45) is 14.8. The Morgan fingerprint density at radius 2 is 1.41 bits per heavy atom. The van der Waals surface area contributed by atoms with Crippen LogP contribution < -0.4 is 5.73 Å². The zero-order chi connectivity index (χ0) is 11.5. The lowest BCUT2D eigenvalue weighted by atomic mass is 9.46. The van der Waals surface area contributed by atoms with Crippen LogP contribution in [0.15, 0.2) is 0 Å². The van der Waals surface area contributed by atoms with Gasteiger partial charge in [0, 0.05) is 5.54 Å². The van der Waals surface area contributed by atoms with Gasteiger partial charge in [-0.3, -0.25) is 0 Å². The molecule has 0 aliphatic heterocycles. The topological polar surface area (TPSA) is 26.0 Å². The summed E-state index contributed by atoms with van der Waals surface area (Å²) in [6, 6.07) is 0. The standard InChI is InChI=1S/C16H27N/c17-16-8-11-6-13(9-16)15(14(7-11)10-16)12-4-2-1-3-5-12/h11-15H,1-10,17H2/t11?,13-,14+,15?,16?. The highest BCUT2D eigenvalue weighted by Crippen LogP contribution is 2.60. The van der Waals surface area contributed by atoms with Crippen LogP contribution in [-0.2, 0) is 0 Å². The van der Waals surface area contributed by atoms with Crippen LogP contribution >= 0.6 is 0 Å². The molecule has 5 saturated carbocycles. The summed E-state index contributed by atoms with van der Waals surface area (Å²) >= 11 is 0. The molecular weight excluding hydrogens is 206 g/mol. The van der Waals surface area contributed by atoms with E-state index < -0.39 is 0 Å². The largest absolute Gasteiger partial charge is 0.325 e. The predicted molar refractivity (Wildman–Crippen MR) is 70.5 cm³/mol. The molecule has 96 valence electrons. The van der Waals surface area contributed by atoms with Gasteiger partial charge in [-0.05, 0) is 61.7 Å². The van der Waals surface area contributed by atoms with Crippen LogP contribution in [0.5, 0.6) is 0 Å². The van der Waals surface area contributed by atoms with Crippen LogP contribution in [0.1, 0.15) is 64.2 Å². The molecule has 4 bridgehead atoms. The van der Waals surface area contributed by atoms with Crippen molar-refractivity contribution in [3.05, 3.63) is 0 Å². The zero-order valence-corrected chi connectivity index (χ0v) is 11.0. The smallest absolute Gasteiger partial charge is 0.0162 e. The molecular formula is C16H27N. The highest BCUT2D eigenvalue weighted by molar-refractivity contribution is 5.08. The molecule has 0 radical (unpaired) electrons. The first-order valence-electron chi connectivity index (χ1n) is 8.02. The Hall–Kier alpha value is -0.0400. The molecule has 1 nitrogen and oxygen atoms in total. The first-order chi connectivity index (χ1) is 8.23. The van der Waals surface area contributed by atoms with Crippen LogP contribution in [-0.4, -0.2) is 5.54 Å². The lowest BCUT2D eigenvalue weighted by molar-refractivity contribution is -0.0797. The fourth-order valence-electron chi connectivity index (χ4n) is 6.42. The van der Waals surface area contributed by atoms with Crippen LogP contribution in [0.25, 0.3) is 0 Å². The molecule has 0 aromatic heterocycles. The van der Waals surface area contributed by atoms with E-state index in [0.717, 1.165) is 29.6 Å². The zero-order valence-electron chi connectivity index (χ0n) is 11.0. The maximum Gasteiger partial charge on any atom is 0.0162 e. The molecule has 5 aliphatic rings. The molecule has 5 rings (SSSR count). The Labute approximate surface area is 106 Å². The molecule has 0 heterocycles. The van der Waals surface area contributed by atoms with E-state index in [1.807, 2.05) is 0 Å². The summed E-state index contributed by atoms with van der Waals surface area (Å²) in [7, 11) is 0. The van der Waals surface area contributed by atoms with Crippen molar-refractivity contribution in [2.45, 2.75) is 69.7 Å². The van der Waals surface area contributed by atoms with Crippen molar-refractivity contribution in [1.82, 2.24) is 0 Å². The molecule has 3 unspecified atom stereocenters. The second kappa shape index (κ2) is 3.73. The summed E-state index contributed by atoms with van der Waals surface area (Å²) in [5.74, 6) is 5.23. The number of hydrogen-bond acceptors (Lipinski definition) is 1. The lowest BCUT2D eigenvalue weighted by Crippen LogP contribution is -2.60. The van der Waals surface area contributed by atoms with E-state index >= 15 is 0 Å². The fraction of sp³-hybridized carbons (Fsp3) is 1.00. The van der Waals surface area contributed by atoms with E-state index in [1.54, 1.807) is 12.8 Å². The molecule has 0 amide bonds. The fourth-order valence-corrected chi connectivity index (χ4v) is 6.42. The maximum atomic E-state index is 6.61. The highest BCUT2D eigenvalue weighted by Gasteiger charge is 2.55. The third-order valence-electron chi connectivity index (χ3n) is 6.59. The van der Waals surface area contributed by atoms with E-state index in [-0.39, 0.29) is 5.54 Å². The predicted octanol–water partition coefficient (Wildman–Crippen LogP) is 3.72. The van der Waals surface area contributed by atoms with E-state index in [0.29, 0.717) is 0 Å². The van der Waals surface area contributed by atoms with Gasteiger partial charge < -0.3 is 5.73 Å². The van der Waals surface area contributed by atoms with Crippen LogP contribution in [0.2, 0.25) is 0 Å². The molecule has 1 heteroatoms. The molecule has 2 N–H and O–H groups in total. The Morgan fingerprint density at radius 3 is 2.00 bits per heavy atom. The SMILES string of the molecule is NC12CC3C[C@H](C1)C(C1CCCCC1)[C@@H](C3)C2. The summed E-state index contributed by atoms with van der Waals surface area (Å²) in [4.78, 5) is 0. The van der Waals surface area contributed by atoms with Gasteiger partial charge in [0.1, 0.15) is 0 Å². The monoisotopic (exact) mass is 233 g/mol. The van der Waals surface area contributed by atoms with Crippen molar-refractivity contribution in [2.24, 2.45) is 35.3 Å². The third kappa shape index (κ3) is 1.69. The summed E-state index contributed by atoms with van der Waals surface area (Å²) < 4.78 is 0. The molecule has 5 atom stereocenters. The van der Waals surface area contributed by atoms with Crippen molar-refractivity contribution < 1.29 is 0 Å². The van der Waals surface area contributed by atoms with Crippen molar-refractivity contribution in [3.8, 4) is 0 Å². The number of rotatable bonds is 1. The van der Waals surface area contributed by atoms with Crippen molar-refractivity contribution in [1.29, 1.82) is 0 Å². The average Bonchev–Trinajstić information content (AvgIpc) is 2.27. The second-order valence-electron chi connectivity index (χ2n) is 7.81. The van der Waals surface area contributed by atoms with Gasteiger partial charge in [0.25, 0.3) is 0 Å². The van der Waals surface area contributed by atoms with Crippen LogP contribution in [0.3, 0.4) is 0 Å². The van der Waals surface area contributed by atoms with Gasteiger partial charge in [-0.15, -0.1) is 0 Å². The molecule has 0 aromatic carbocycles. The quantitative estimate of drug-likeness (QED) is 0.734. The van der Waals surface area contributed by atoms with E-state index in [4.69, 9.17) is 5.73 Å². The summed E-state index contributed by atoms with van der Waals surface area (Å²) in [5, 5.41) is 0. The van der Waals surface area contributed by atoms with Gasteiger partial charge in [-0.25, -0.2) is 0 Å². The minimum Gasteiger partial charge on any atom is -0.325 e. The van der Waals surface area contributed by atoms with Crippen LogP contribution in [0.4, 0.5) is 0 Å². The number of hydrogen-bond donors (Lipinski definition) is 1. The average molecular weight is 233 g/mol. The van der Waals surface area contributed by atoms with E-state index in [1.165, 1.54) is 51.4 Å². The Kier molecular flexibility index (Phi) is 2.38. The van der Waals surface area contributed by atoms with Crippen molar-refractivity contribution in [2.75, 3.05) is 0 Å². The van der Waals surface area contributed by atoms with Gasteiger partial charge in [-0.2, -0.15) is 0 Å². The molecule has 17 heavy (non-hydrogen) atoms.